The predicted octanol–water partition coefficient (Wildman–Crippen LogP) is 14.2. The molecule has 0 spiro atoms. The second-order valence-corrected chi connectivity index (χ2v) is 20.2. The van der Waals surface area contributed by atoms with E-state index in [1.807, 2.05) is 29.1 Å². The van der Waals surface area contributed by atoms with Gasteiger partial charge in [0.1, 0.15) is 11.6 Å². The Kier molecular flexibility index (Phi) is 11.3. The third-order valence-corrected chi connectivity index (χ3v) is 11.5. The van der Waals surface area contributed by atoms with Crippen LogP contribution in [-0.2, 0) is 42.7 Å². The number of rotatable bonds is 6. The molecule has 0 atom stereocenters. The summed E-state index contributed by atoms with van der Waals surface area (Å²) in [6.07, 6.45) is 3.89. The molecule has 8 rings (SSSR count). The number of phenols is 1. The van der Waals surface area contributed by atoms with Gasteiger partial charge in [0.25, 0.3) is 0 Å². The number of para-hydroxylation sites is 1. The molecule has 3 heterocycles. The van der Waals surface area contributed by atoms with Gasteiger partial charge >= 0.3 is 6.01 Å². The summed E-state index contributed by atoms with van der Waals surface area (Å²) in [5, 5.41) is 14.2. The molecule has 0 saturated carbocycles. The van der Waals surface area contributed by atoms with Gasteiger partial charge in [0, 0.05) is 61.4 Å². The maximum atomic E-state index is 12.1. The Morgan fingerprint density at radius 1 is 0.607 bits per heavy atom. The Balaban J connectivity index is 0.00000561. The SMILES string of the molecule is CC(C)(C)c1ccnc(-n2c3[c-]c(Oc4nc(-c5cc(C(C)(C)C)cc(C(C)(C)C)c5O)cn4-c4ccc(C(C)(C)C)cc4-c4ccccc4)ccc3c3ccccc32)c1.[Pt]. The Morgan fingerprint density at radius 3 is 1.92 bits per heavy atom. The molecule has 8 aromatic rings. The van der Waals surface area contributed by atoms with Crippen LogP contribution in [0, 0.1) is 6.07 Å². The van der Waals surface area contributed by atoms with Crippen LogP contribution in [-0.4, -0.2) is 24.2 Å². The first-order chi connectivity index (χ1) is 28.2. The second-order valence-electron chi connectivity index (χ2n) is 20.2. The molecule has 0 aliphatic carbocycles. The third-order valence-electron chi connectivity index (χ3n) is 11.5. The Hall–Kier alpha value is -5.45. The van der Waals surface area contributed by atoms with Crippen molar-refractivity contribution in [3.63, 3.8) is 0 Å². The number of nitrogens with zero attached hydrogens (tertiary/aromatic N) is 4. The maximum Gasteiger partial charge on any atom is 0.305 e. The average Bonchev–Trinajstić information content (AvgIpc) is 3.75. The van der Waals surface area contributed by atoms with Crippen LogP contribution in [0.15, 0.2) is 122 Å². The molecule has 0 saturated heterocycles. The van der Waals surface area contributed by atoms with Crippen molar-refractivity contribution < 1.29 is 30.9 Å². The number of hydrogen-bond donors (Lipinski definition) is 1. The first-order valence-corrected chi connectivity index (χ1v) is 21.0. The van der Waals surface area contributed by atoms with Gasteiger partial charge in [-0.25, -0.2) is 4.98 Å². The summed E-state index contributed by atoms with van der Waals surface area (Å²) in [4.78, 5) is 10.1. The molecule has 1 N–H and O–H groups in total. The van der Waals surface area contributed by atoms with Gasteiger partial charge in [0.15, 0.2) is 0 Å². The monoisotopic (exact) mass is 988 g/mol. The normalized spacial score (nSPS) is 12.5. The van der Waals surface area contributed by atoms with Gasteiger partial charge in [-0.05, 0) is 85.7 Å². The van der Waals surface area contributed by atoms with Crippen LogP contribution >= 0.6 is 0 Å². The average molecular weight is 989 g/mol. The molecule has 7 heteroatoms. The van der Waals surface area contributed by atoms with E-state index < -0.39 is 0 Å². The molecule has 5 aromatic carbocycles. The van der Waals surface area contributed by atoms with Crippen LogP contribution in [0.1, 0.15) is 105 Å². The van der Waals surface area contributed by atoms with Crippen LogP contribution in [0.5, 0.6) is 17.5 Å². The van der Waals surface area contributed by atoms with Crippen molar-refractivity contribution in [3.8, 4) is 51.4 Å². The number of hydrogen-bond acceptors (Lipinski definition) is 4. The molecule has 316 valence electrons. The zero-order valence-corrected chi connectivity index (χ0v) is 39.8. The number of ether oxygens (including phenoxy) is 1. The van der Waals surface area contributed by atoms with Crippen molar-refractivity contribution in [1.29, 1.82) is 0 Å². The Morgan fingerprint density at radius 2 is 1.25 bits per heavy atom. The zero-order chi connectivity index (χ0) is 42.9. The van der Waals surface area contributed by atoms with Gasteiger partial charge < -0.3 is 14.4 Å². The topological polar surface area (TPSA) is 65.1 Å². The quantitative estimate of drug-likeness (QED) is 0.169. The van der Waals surface area contributed by atoms with Crippen molar-refractivity contribution in [3.05, 3.63) is 150 Å². The van der Waals surface area contributed by atoms with Gasteiger partial charge in [-0.15, -0.1) is 17.5 Å². The van der Waals surface area contributed by atoms with E-state index in [9.17, 15) is 5.11 Å². The fraction of sp³-hybridized carbons (Fsp3) is 0.296. The third kappa shape index (κ3) is 8.45. The summed E-state index contributed by atoms with van der Waals surface area (Å²) >= 11 is 0. The van der Waals surface area contributed by atoms with Gasteiger partial charge in [-0.3, -0.25) is 4.57 Å². The van der Waals surface area contributed by atoms with Crippen LogP contribution in [0.4, 0.5) is 0 Å². The molecule has 0 radical (unpaired) electrons. The van der Waals surface area contributed by atoms with Gasteiger partial charge in [0.2, 0.25) is 0 Å². The number of imidazole rings is 1. The summed E-state index contributed by atoms with van der Waals surface area (Å²) in [5.74, 6) is 1.55. The van der Waals surface area contributed by atoms with Crippen LogP contribution in [0.25, 0.3) is 55.7 Å². The fourth-order valence-electron chi connectivity index (χ4n) is 7.91. The smallest absolute Gasteiger partial charge is 0.305 e. The van der Waals surface area contributed by atoms with Crippen LogP contribution in [0.3, 0.4) is 0 Å². The van der Waals surface area contributed by atoms with Crippen molar-refractivity contribution in [2.24, 2.45) is 0 Å². The summed E-state index contributed by atoms with van der Waals surface area (Å²) in [7, 11) is 0. The Bertz CT molecular complexity index is 2890. The maximum absolute atomic E-state index is 12.1. The van der Waals surface area contributed by atoms with E-state index in [-0.39, 0.29) is 48.5 Å². The molecule has 0 fully saturated rings. The van der Waals surface area contributed by atoms with E-state index in [4.69, 9.17) is 14.7 Å². The zero-order valence-electron chi connectivity index (χ0n) is 37.5. The number of phenolic OH excluding ortho intramolecular Hbond substituents is 1. The minimum atomic E-state index is -0.310. The first-order valence-electron chi connectivity index (χ1n) is 21.0. The number of benzene rings is 5. The molecule has 6 nitrogen and oxygen atoms in total. The number of pyridine rings is 1. The molecular formula is C54H57N4O2Pt-. The van der Waals surface area contributed by atoms with E-state index in [0.717, 1.165) is 55.6 Å². The van der Waals surface area contributed by atoms with E-state index in [2.05, 4.69) is 191 Å². The largest absolute Gasteiger partial charge is 0.507 e. The summed E-state index contributed by atoms with van der Waals surface area (Å²) < 4.78 is 11.1. The van der Waals surface area contributed by atoms with Crippen molar-refractivity contribution in [2.75, 3.05) is 0 Å². The van der Waals surface area contributed by atoms with Gasteiger partial charge in [-0.2, -0.15) is 11.1 Å². The minimum Gasteiger partial charge on any atom is -0.507 e. The van der Waals surface area contributed by atoms with Gasteiger partial charge in [-0.1, -0.05) is 149 Å². The second kappa shape index (κ2) is 15.8. The van der Waals surface area contributed by atoms with Crippen molar-refractivity contribution in [2.45, 2.75) is 105 Å². The molecule has 61 heavy (non-hydrogen) atoms. The number of aromatic nitrogens is 4. The van der Waals surface area contributed by atoms with E-state index in [1.54, 1.807) is 0 Å². The van der Waals surface area contributed by atoms with Gasteiger partial charge in [0.05, 0.1) is 11.4 Å². The van der Waals surface area contributed by atoms with E-state index >= 15 is 0 Å². The van der Waals surface area contributed by atoms with Crippen molar-refractivity contribution >= 4 is 21.8 Å². The van der Waals surface area contributed by atoms with Crippen LogP contribution < -0.4 is 4.74 Å². The Labute approximate surface area is 375 Å². The number of fused-ring (bicyclic) bond motifs is 3. The molecule has 3 aromatic heterocycles. The molecule has 0 amide bonds. The van der Waals surface area contributed by atoms with E-state index in [0.29, 0.717) is 23.0 Å². The molecular weight excluding hydrogens is 932 g/mol. The van der Waals surface area contributed by atoms with Crippen molar-refractivity contribution in [1.82, 2.24) is 19.1 Å². The standard InChI is InChI=1S/C54H57N4O2.Pt/c1-51(2,3)35-22-25-45(41(28-35)34-18-14-13-15-19-34)57-33-44(42-29-37(53(7,8)9)30-43(49(42)59)54(10,11)12)56-50(57)60-38-23-24-40-39-20-16-17-21-46(39)58(47(40)32-38)48-31-36(26-27-55-48)52(4,5)6;/h13-31,33,59H,1-12H3;/q-1;. The minimum absolute atomic E-state index is 0. The fourth-order valence-corrected chi connectivity index (χ4v) is 7.91. The molecule has 0 aliphatic heterocycles. The summed E-state index contributed by atoms with van der Waals surface area (Å²) in [6, 6.07) is 42.0. The van der Waals surface area contributed by atoms with Crippen LogP contribution in [0.2, 0.25) is 0 Å². The molecule has 0 bridgehead atoms. The predicted molar refractivity (Wildman–Crippen MR) is 248 cm³/mol. The van der Waals surface area contributed by atoms with E-state index in [1.165, 1.54) is 11.1 Å². The first kappa shape index (κ1) is 43.6. The molecule has 0 unspecified atom stereocenters. The summed E-state index contributed by atoms with van der Waals surface area (Å²) in [6.45, 7) is 26.4. The molecule has 0 aliphatic rings. The summed E-state index contributed by atoms with van der Waals surface area (Å²) in [5.41, 5.74) is 9.99. The number of aromatic hydroxyl groups is 1.